The Morgan fingerprint density at radius 3 is 2.88 bits per heavy atom. The molecule has 1 aromatic heterocycles. The summed E-state index contributed by atoms with van der Waals surface area (Å²) in [5.41, 5.74) is 0.0497. The highest BCUT2D eigenvalue weighted by Gasteiger charge is 2.41. The topological polar surface area (TPSA) is 74.9 Å². The monoisotopic (exact) mass is 337 g/mol. The maximum Gasteiger partial charge on any atom is 0.240 e. The van der Waals surface area contributed by atoms with Gasteiger partial charge in [0, 0.05) is 52.3 Å². The highest BCUT2D eigenvalue weighted by molar-refractivity contribution is 5.76. The van der Waals surface area contributed by atoms with Crippen LogP contribution in [0.1, 0.15) is 31.0 Å². The summed E-state index contributed by atoms with van der Waals surface area (Å²) < 4.78 is 10.4. The molecule has 2 fully saturated rings. The summed E-state index contributed by atoms with van der Waals surface area (Å²) >= 11 is 0. The molecule has 134 valence electrons. The Morgan fingerprint density at radius 2 is 2.08 bits per heavy atom. The van der Waals surface area contributed by atoms with E-state index in [9.17, 15) is 4.79 Å². The maximum atomic E-state index is 12.0. The zero-order chi connectivity index (χ0) is 17.2. The third-order valence-corrected chi connectivity index (χ3v) is 5.36. The molecule has 1 aromatic rings. The second-order valence-electron chi connectivity index (χ2n) is 6.96. The molecular weight excluding hydrogens is 310 g/mol. The van der Waals surface area contributed by atoms with Gasteiger partial charge in [-0.25, -0.2) is 0 Å². The van der Waals surface area contributed by atoms with E-state index in [0.717, 1.165) is 39.0 Å². The minimum absolute atomic E-state index is 0.0497. The molecule has 1 spiro atoms. The molecule has 1 unspecified atom stereocenters. The lowest BCUT2D eigenvalue weighted by Crippen LogP contribution is -2.60. The third-order valence-electron chi connectivity index (χ3n) is 5.36. The average Bonchev–Trinajstić information content (AvgIpc) is 2.95. The van der Waals surface area contributed by atoms with Gasteiger partial charge < -0.3 is 14.2 Å². The second kappa shape index (κ2) is 7.16. The van der Waals surface area contributed by atoms with Crippen LogP contribution in [0.25, 0.3) is 0 Å². The van der Waals surface area contributed by atoms with Crippen molar-refractivity contribution >= 4 is 5.91 Å². The van der Waals surface area contributed by atoms with Crippen molar-refractivity contribution in [1.82, 2.24) is 24.8 Å². The first-order valence-electron chi connectivity index (χ1n) is 8.50. The summed E-state index contributed by atoms with van der Waals surface area (Å²) in [5.74, 6) is 1.46. The summed E-state index contributed by atoms with van der Waals surface area (Å²) in [6.07, 6.45) is 2.52. The van der Waals surface area contributed by atoms with Gasteiger partial charge in [0.25, 0.3) is 0 Å². The summed E-state index contributed by atoms with van der Waals surface area (Å²) in [7, 11) is 5.69. The molecule has 0 radical (unpaired) electrons. The molecule has 0 N–H and O–H groups in total. The van der Waals surface area contributed by atoms with E-state index < -0.39 is 0 Å². The van der Waals surface area contributed by atoms with E-state index in [1.54, 1.807) is 7.11 Å². The lowest BCUT2D eigenvalue weighted by Gasteiger charge is -2.49. The predicted molar refractivity (Wildman–Crippen MR) is 87.1 cm³/mol. The number of likely N-dealkylation sites (tertiary alicyclic amines) is 1. The van der Waals surface area contributed by atoms with E-state index in [1.807, 2.05) is 11.9 Å². The van der Waals surface area contributed by atoms with E-state index in [4.69, 9.17) is 9.26 Å². The van der Waals surface area contributed by atoms with Gasteiger partial charge >= 0.3 is 0 Å². The fourth-order valence-electron chi connectivity index (χ4n) is 3.71. The summed E-state index contributed by atoms with van der Waals surface area (Å²) in [5, 5.41) is 3.93. The van der Waals surface area contributed by atoms with Gasteiger partial charge in [-0.15, -0.1) is 0 Å². The van der Waals surface area contributed by atoms with Crippen molar-refractivity contribution in [1.29, 1.82) is 0 Å². The lowest BCUT2D eigenvalue weighted by atomic mass is 9.86. The van der Waals surface area contributed by atoms with Crippen molar-refractivity contribution in [2.45, 2.75) is 38.0 Å². The van der Waals surface area contributed by atoms with Crippen molar-refractivity contribution in [2.75, 3.05) is 47.4 Å². The summed E-state index contributed by atoms with van der Waals surface area (Å²) in [6, 6.07) is 0. The van der Waals surface area contributed by atoms with Crippen molar-refractivity contribution < 1.29 is 14.1 Å². The van der Waals surface area contributed by atoms with Crippen LogP contribution in [0.15, 0.2) is 4.52 Å². The summed E-state index contributed by atoms with van der Waals surface area (Å²) in [4.78, 5) is 23.1. The number of hydrogen-bond donors (Lipinski definition) is 0. The molecule has 0 bridgehead atoms. The number of rotatable bonds is 4. The van der Waals surface area contributed by atoms with Crippen LogP contribution in [0.3, 0.4) is 0 Å². The van der Waals surface area contributed by atoms with Gasteiger partial charge in [-0.1, -0.05) is 5.16 Å². The molecule has 2 aliphatic heterocycles. The standard InChI is InChI=1S/C16H27N5O3/c1-19-7-6-16(5-4-15(19)22)12-21(9-8-20(16)2)10-14-17-13(11-23-3)18-24-14/h4-12H2,1-3H3. The van der Waals surface area contributed by atoms with Crippen LogP contribution >= 0.6 is 0 Å². The smallest absolute Gasteiger partial charge is 0.240 e. The van der Waals surface area contributed by atoms with Crippen LogP contribution < -0.4 is 0 Å². The van der Waals surface area contributed by atoms with Crippen LogP contribution in [0.5, 0.6) is 0 Å². The minimum Gasteiger partial charge on any atom is -0.377 e. The van der Waals surface area contributed by atoms with Crippen LogP contribution in [0.2, 0.25) is 0 Å². The Balaban J connectivity index is 1.67. The van der Waals surface area contributed by atoms with Crippen LogP contribution in [-0.4, -0.2) is 83.7 Å². The molecule has 0 aliphatic carbocycles. The number of hydrogen-bond acceptors (Lipinski definition) is 7. The number of aromatic nitrogens is 2. The van der Waals surface area contributed by atoms with Gasteiger partial charge in [-0.05, 0) is 19.9 Å². The molecule has 2 aliphatic rings. The minimum atomic E-state index is 0.0497. The molecule has 2 saturated heterocycles. The number of nitrogens with zero attached hydrogens (tertiary/aromatic N) is 5. The fraction of sp³-hybridized carbons (Fsp3) is 0.812. The Kier molecular flexibility index (Phi) is 5.17. The number of carbonyl (C=O) groups excluding carboxylic acids is 1. The number of piperazine rings is 1. The van der Waals surface area contributed by atoms with Gasteiger partial charge in [-0.2, -0.15) is 4.98 Å². The molecule has 1 amide bonds. The largest absolute Gasteiger partial charge is 0.377 e. The van der Waals surface area contributed by atoms with Gasteiger partial charge in [0.2, 0.25) is 11.8 Å². The van der Waals surface area contributed by atoms with Gasteiger partial charge in [0.1, 0.15) is 6.61 Å². The van der Waals surface area contributed by atoms with Gasteiger partial charge in [0.15, 0.2) is 5.82 Å². The third kappa shape index (κ3) is 3.60. The molecule has 0 aromatic carbocycles. The van der Waals surface area contributed by atoms with Crippen LogP contribution in [0.4, 0.5) is 0 Å². The van der Waals surface area contributed by atoms with E-state index in [-0.39, 0.29) is 11.4 Å². The Hall–Kier alpha value is -1.51. The molecule has 8 heteroatoms. The fourth-order valence-corrected chi connectivity index (χ4v) is 3.71. The van der Waals surface area contributed by atoms with E-state index >= 15 is 0 Å². The molecule has 0 saturated carbocycles. The Labute approximate surface area is 142 Å². The highest BCUT2D eigenvalue weighted by Crippen LogP contribution is 2.32. The Morgan fingerprint density at radius 1 is 1.25 bits per heavy atom. The quantitative estimate of drug-likeness (QED) is 0.784. The molecule has 3 rings (SSSR count). The van der Waals surface area contributed by atoms with Gasteiger partial charge in [0.05, 0.1) is 6.54 Å². The number of likely N-dealkylation sites (N-methyl/N-ethyl adjacent to an activating group) is 1. The van der Waals surface area contributed by atoms with Crippen molar-refractivity contribution in [3.63, 3.8) is 0 Å². The van der Waals surface area contributed by atoms with Gasteiger partial charge in [-0.3, -0.25) is 14.6 Å². The molecule has 24 heavy (non-hydrogen) atoms. The van der Waals surface area contributed by atoms with Crippen molar-refractivity contribution in [3.8, 4) is 0 Å². The molecule has 1 atom stereocenters. The first kappa shape index (κ1) is 17.3. The Bertz CT molecular complexity index is 578. The normalized spacial score (nSPS) is 27.0. The molecular formula is C16H27N5O3. The number of carbonyl (C=O) groups is 1. The van der Waals surface area contributed by atoms with E-state index in [0.29, 0.717) is 31.3 Å². The number of methoxy groups -OCH3 is 1. The van der Waals surface area contributed by atoms with Crippen LogP contribution in [-0.2, 0) is 22.7 Å². The average molecular weight is 337 g/mol. The van der Waals surface area contributed by atoms with Crippen molar-refractivity contribution in [2.24, 2.45) is 0 Å². The number of amides is 1. The maximum absolute atomic E-state index is 12.0. The first-order valence-corrected chi connectivity index (χ1v) is 8.50. The van der Waals surface area contributed by atoms with Crippen molar-refractivity contribution in [3.05, 3.63) is 11.7 Å². The van der Waals surface area contributed by atoms with E-state index in [2.05, 4.69) is 27.0 Å². The predicted octanol–water partition coefficient (Wildman–Crippen LogP) is 0.345. The summed E-state index contributed by atoms with van der Waals surface area (Å²) in [6.45, 7) is 4.70. The molecule has 3 heterocycles. The molecule has 8 nitrogen and oxygen atoms in total. The van der Waals surface area contributed by atoms with Crippen LogP contribution in [0, 0.1) is 0 Å². The lowest BCUT2D eigenvalue weighted by molar-refractivity contribution is -0.129. The number of ether oxygens (including phenoxy) is 1. The SMILES string of the molecule is COCc1noc(CN2CCN(C)C3(CCC(=O)N(C)CC3)C2)n1. The van der Waals surface area contributed by atoms with E-state index in [1.165, 1.54) is 0 Å². The zero-order valence-corrected chi connectivity index (χ0v) is 14.8. The second-order valence-corrected chi connectivity index (χ2v) is 6.96. The highest BCUT2D eigenvalue weighted by atomic mass is 16.5. The zero-order valence-electron chi connectivity index (χ0n) is 14.8. The first-order chi connectivity index (χ1) is 11.5.